The van der Waals surface area contributed by atoms with Crippen molar-refractivity contribution in [3.63, 3.8) is 0 Å². The SMILES string of the molecule is Cc1cc(C)c(N2CN(c3ccccc3)C(C)(C)C2)c(C)c1. The molecule has 1 aliphatic heterocycles. The van der Waals surface area contributed by atoms with E-state index in [4.69, 9.17) is 0 Å². The molecule has 3 rings (SSSR count). The highest BCUT2D eigenvalue weighted by Crippen LogP contribution is 2.36. The summed E-state index contributed by atoms with van der Waals surface area (Å²) in [7, 11) is 0. The number of para-hydroxylation sites is 1. The summed E-state index contributed by atoms with van der Waals surface area (Å²) < 4.78 is 0. The lowest BCUT2D eigenvalue weighted by atomic mass is 10.0. The molecule has 0 aromatic heterocycles. The van der Waals surface area contributed by atoms with E-state index in [0.29, 0.717) is 0 Å². The first-order valence-electron chi connectivity index (χ1n) is 8.04. The lowest BCUT2D eigenvalue weighted by Crippen LogP contribution is -2.40. The summed E-state index contributed by atoms with van der Waals surface area (Å²) >= 11 is 0. The van der Waals surface area contributed by atoms with Crippen LogP contribution in [-0.2, 0) is 0 Å². The molecule has 0 aliphatic carbocycles. The molecule has 1 aliphatic rings. The molecule has 2 heteroatoms. The summed E-state index contributed by atoms with van der Waals surface area (Å²) in [5.41, 5.74) is 6.93. The minimum Gasteiger partial charge on any atom is -0.351 e. The molecule has 1 saturated heterocycles. The maximum absolute atomic E-state index is 2.52. The van der Waals surface area contributed by atoms with Crippen molar-refractivity contribution in [1.29, 1.82) is 0 Å². The van der Waals surface area contributed by atoms with Gasteiger partial charge in [-0.25, -0.2) is 0 Å². The first-order chi connectivity index (χ1) is 10.4. The predicted molar refractivity (Wildman–Crippen MR) is 95.9 cm³/mol. The Morgan fingerprint density at radius 2 is 1.50 bits per heavy atom. The quantitative estimate of drug-likeness (QED) is 0.794. The van der Waals surface area contributed by atoms with E-state index in [1.54, 1.807) is 0 Å². The summed E-state index contributed by atoms with van der Waals surface area (Å²) in [6, 6.07) is 15.3. The predicted octanol–water partition coefficient (Wildman–Crippen LogP) is 4.67. The largest absolute Gasteiger partial charge is 0.351 e. The Kier molecular flexibility index (Phi) is 3.64. The Labute approximate surface area is 134 Å². The molecule has 0 bridgehead atoms. The smallest absolute Gasteiger partial charge is 0.0910 e. The zero-order valence-corrected chi connectivity index (χ0v) is 14.4. The second-order valence-corrected chi connectivity index (χ2v) is 7.16. The Morgan fingerprint density at radius 1 is 0.909 bits per heavy atom. The van der Waals surface area contributed by atoms with Gasteiger partial charge in [-0.3, -0.25) is 0 Å². The van der Waals surface area contributed by atoms with Crippen LogP contribution in [-0.4, -0.2) is 18.8 Å². The number of benzene rings is 2. The first kappa shape index (κ1) is 15.0. The van der Waals surface area contributed by atoms with Crippen LogP contribution >= 0.6 is 0 Å². The fourth-order valence-corrected chi connectivity index (χ4v) is 3.82. The molecule has 0 saturated carbocycles. The van der Waals surface area contributed by atoms with E-state index in [0.717, 1.165) is 13.2 Å². The van der Waals surface area contributed by atoms with Crippen LogP contribution in [0, 0.1) is 20.8 Å². The Bertz CT molecular complexity index is 650. The summed E-state index contributed by atoms with van der Waals surface area (Å²) in [5, 5.41) is 0. The number of hydrogen-bond donors (Lipinski definition) is 0. The van der Waals surface area contributed by atoms with Crippen molar-refractivity contribution in [2.75, 3.05) is 23.0 Å². The van der Waals surface area contributed by atoms with Gasteiger partial charge in [0.2, 0.25) is 0 Å². The number of aryl methyl sites for hydroxylation is 3. The Balaban J connectivity index is 1.96. The molecule has 0 N–H and O–H groups in total. The molecular weight excluding hydrogens is 268 g/mol. The topological polar surface area (TPSA) is 6.48 Å². The van der Waals surface area contributed by atoms with Crippen LogP contribution in [0.3, 0.4) is 0 Å². The van der Waals surface area contributed by atoms with Crippen molar-refractivity contribution in [1.82, 2.24) is 0 Å². The number of nitrogens with zero attached hydrogens (tertiary/aromatic N) is 2. The standard InChI is InChI=1S/C20H26N2/c1-15-11-16(2)19(17(3)12-15)21-13-20(4,5)22(14-21)18-9-7-6-8-10-18/h6-12H,13-14H2,1-5H3. The molecule has 2 aromatic carbocycles. The van der Waals surface area contributed by atoms with Gasteiger partial charge in [0.25, 0.3) is 0 Å². The number of rotatable bonds is 2. The van der Waals surface area contributed by atoms with Gasteiger partial charge in [0.15, 0.2) is 0 Å². The van der Waals surface area contributed by atoms with E-state index in [-0.39, 0.29) is 5.54 Å². The molecule has 0 spiro atoms. The minimum absolute atomic E-state index is 0.130. The van der Waals surface area contributed by atoms with Crippen molar-refractivity contribution < 1.29 is 0 Å². The second kappa shape index (κ2) is 5.35. The monoisotopic (exact) mass is 294 g/mol. The maximum atomic E-state index is 2.52. The van der Waals surface area contributed by atoms with Gasteiger partial charge in [0, 0.05) is 17.9 Å². The highest BCUT2D eigenvalue weighted by molar-refractivity contribution is 5.64. The van der Waals surface area contributed by atoms with Gasteiger partial charge in [-0.05, 0) is 57.9 Å². The highest BCUT2D eigenvalue weighted by atomic mass is 15.4. The van der Waals surface area contributed by atoms with E-state index in [1.165, 1.54) is 28.1 Å². The van der Waals surface area contributed by atoms with Crippen molar-refractivity contribution in [3.05, 3.63) is 59.2 Å². The third-order valence-electron chi connectivity index (χ3n) is 4.64. The van der Waals surface area contributed by atoms with Gasteiger partial charge in [0.05, 0.1) is 12.2 Å². The van der Waals surface area contributed by atoms with Crippen LogP contribution in [0.4, 0.5) is 11.4 Å². The second-order valence-electron chi connectivity index (χ2n) is 7.16. The third-order valence-corrected chi connectivity index (χ3v) is 4.64. The van der Waals surface area contributed by atoms with Crippen LogP contribution in [0.5, 0.6) is 0 Å². The van der Waals surface area contributed by atoms with E-state index in [2.05, 4.69) is 86.9 Å². The fourth-order valence-electron chi connectivity index (χ4n) is 3.82. The van der Waals surface area contributed by atoms with Gasteiger partial charge >= 0.3 is 0 Å². The average molecular weight is 294 g/mol. The lowest BCUT2D eigenvalue weighted by Gasteiger charge is -2.31. The summed E-state index contributed by atoms with van der Waals surface area (Å²) in [5.74, 6) is 0. The zero-order chi connectivity index (χ0) is 15.9. The molecule has 116 valence electrons. The number of anilines is 2. The van der Waals surface area contributed by atoms with E-state index < -0.39 is 0 Å². The van der Waals surface area contributed by atoms with Gasteiger partial charge in [-0.15, -0.1) is 0 Å². The summed E-state index contributed by atoms with van der Waals surface area (Å²) in [6.07, 6.45) is 0. The van der Waals surface area contributed by atoms with Gasteiger partial charge in [-0.1, -0.05) is 35.9 Å². The van der Waals surface area contributed by atoms with Crippen molar-refractivity contribution in [2.24, 2.45) is 0 Å². The normalized spacial score (nSPS) is 17.1. The Morgan fingerprint density at radius 3 is 2.09 bits per heavy atom. The lowest BCUT2D eigenvalue weighted by molar-refractivity contribution is 0.553. The van der Waals surface area contributed by atoms with E-state index in [9.17, 15) is 0 Å². The molecule has 22 heavy (non-hydrogen) atoms. The molecular formula is C20H26N2. The van der Waals surface area contributed by atoms with Crippen LogP contribution in [0.25, 0.3) is 0 Å². The molecule has 2 aromatic rings. The molecule has 1 fully saturated rings. The van der Waals surface area contributed by atoms with Gasteiger partial charge in [-0.2, -0.15) is 0 Å². The van der Waals surface area contributed by atoms with E-state index >= 15 is 0 Å². The molecule has 0 radical (unpaired) electrons. The highest BCUT2D eigenvalue weighted by Gasteiger charge is 2.37. The molecule has 2 nitrogen and oxygen atoms in total. The summed E-state index contributed by atoms with van der Waals surface area (Å²) in [6.45, 7) is 13.3. The molecule has 0 amide bonds. The number of hydrogen-bond acceptors (Lipinski definition) is 2. The van der Waals surface area contributed by atoms with Crippen molar-refractivity contribution in [3.8, 4) is 0 Å². The zero-order valence-electron chi connectivity index (χ0n) is 14.4. The van der Waals surface area contributed by atoms with Gasteiger partial charge in [0.1, 0.15) is 0 Å². The van der Waals surface area contributed by atoms with E-state index in [1.807, 2.05) is 0 Å². The van der Waals surface area contributed by atoms with Gasteiger partial charge < -0.3 is 9.80 Å². The average Bonchev–Trinajstić information content (AvgIpc) is 2.74. The van der Waals surface area contributed by atoms with Crippen molar-refractivity contribution in [2.45, 2.75) is 40.2 Å². The first-order valence-corrected chi connectivity index (χ1v) is 8.04. The van der Waals surface area contributed by atoms with Crippen molar-refractivity contribution >= 4 is 11.4 Å². The Hall–Kier alpha value is -1.96. The maximum Gasteiger partial charge on any atom is 0.0910 e. The molecule has 1 heterocycles. The van der Waals surface area contributed by atoms with Crippen LogP contribution in [0.15, 0.2) is 42.5 Å². The van der Waals surface area contributed by atoms with Crippen LogP contribution in [0.1, 0.15) is 30.5 Å². The minimum atomic E-state index is 0.130. The molecule has 0 unspecified atom stereocenters. The molecule has 0 atom stereocenters. The third kappa shape index (κ3) is 2.58. The van der Waals surface area contributed by atoms with Crippen LogP contribution < -0.4 is 9.80 Å². The van der Waals surface area contributed by atoms with Crippen LogP contribution in [0.2, 0.25) is 0 Å². The fraction of sp³-hybridized carbons (Fsp3) is 0.400. The summed E-state index contributed by atoms with van der Waals surface area (Å²) in [4.78, 5) is 5.03.